The van der Waals surface area contributed by atoms with Gasteiger partial charge in [0, 0.05) is 12.7 Å². The Morgan fingerprint density at radius 1 is 1.55 bits per heavy atom. The zero-order chi connectivity index (χ0) is 15.1. The molecule has 0 saturated heterocycles. The Morgan fingerprint density at radius 3 is 2.80 bits per heavy atom. The predicted octanol–water partition coefficient (Wildman–Crippen LogP) is 1.03. The van der Waals surface area contributed by atoms with Gasteiger partial charge >= 0.3 is 0 Å². The lowest BCUT2D eigenvalue weighted by molar-refractivity contribution is -0.124. The minimum Gasteiger partial charge on any atom is -0.505 e. The van der Waals surface area contributed by atoms with E-state index >= 15 is 0 Å². The van der Waals surface area contributed by atoms with E-state index in [1.165, 1.54) is 17.6 Å². The van der Waals surface area contributed by atoms with E-state index < -0.39 is 29.7 Å². The molecule has 0 saturated carbocycles. The molecule has 0 aliphatic carbocycles. The summed E-state index contributed by atoms with van der Waals surface area (Å²) in [5, 5.41) is 27.6. The third-order valence-electron chi connectivity index (χ3n) is 2.53. The molecule has 0 heterocycles. The predicted molar refractivity (Wildman–Crippen MR) is 67.5 cm³/mol. The van der Waals surface area contributed by atoms with Crippen molar-refractivity contribution in [1.82, 2.24) is 5.48 Å². The molecule has 4 N–H and O–H groups in total. The monoisotopic (exact) mass is 285 g/mol. The smallest absolute Gasteiger partial charge is 0.267 e. The third kappa shape index (κ3) is 4.30. The Hall–Kier alpha value is -1.96. The lowest BCUT2D eigenvalue weighted by Gasteiger charge is -2.20. The van der Waals surface area contributed by atoms with Gasteiger partial charge in [0.2, 0.25) is 0 Å². The summed E-state index contributed by atoms with van der Waals surface area (Å²) in [6, 6.07) is 3.43. The number of aromatic hydroxyl groups is 1. The number of phenols is 1. The quantitative estimate of drug-likeness (QED) is 0.355. The Bertz CT molecular complexity index is 492. The van der Waals surface area contributed by atoms with Gasteiger partial charge in [-0.05, 0) is 30.7 Å². The molecule has 1 aromatic carbocycles. The molecule has 2 atom stereocenters. The molecule has 0 spiro atoms. The lowest BCUT2D eigenvalue weighted by Crippen LogP contribution is -2.22. The maximum absolute atomic E-state index is 13.2. The molecule has 0 radical (unpaired) electrons. The first-order valence-electron chi connectivity index (χ1n) is 5.90. The second-order valence-electron chi connectivity index (χ2n) is 3.91. The van der Waals surface area contributed by atoms with Crippen molar-refractivity contribution < 1.29 is 29.3 Å². The molecule has 110 valence electrons. The molecule has 1 aromatic rings. The molecule has 0 aliphatic heterocycles. The average Bonchev–Trinajstić information content (AvgIpc) is 2.45. The summed E-state index contributed by atoms with van der Waals surface area (Å²) in [6.45, 7) is 1.95. The first kappa shape index (κ1) is 16.1. The second kappa shape index (κ2) is 7.59. The summed E-state index contributed by atoms with van der Waals surface area (Å²) in [5.41, 5.74) is 1.59. The normalized spacial score (nSPS) is 14.2. The van der Waals surface area contributed by atoms with Crippen LogP contribution in [-0.4, -0.2) is 34.0 Å². The maximum atomic E-state index is 13.2. The van der Waals surface area contributed by atoms with Crippen LogP contribution in [-0.2, 0) is 9.53 Å². The number of phenolic OH excluding ortho intramolecular Hbond substituents is 1. The Kier molecular flexibility index (Phi) is 6.10. The number of benzene rings is 1. The number of hydrogen-bond acceptors (Lipinski definition) is 5. The van der Waals surface area contributed by atoms with Crippen LogP contribution in [0.15, 0.2) is 30.4 Å². The van der Waals surface area contributed by atoms with Crippen molar-refractivity contribution >= 4 is 5.91 Å². The topological polar surface area (TPSA) is 99.0 Å². The fourth-order valence-electron chi connectivity index (χ4n) is 1.56. The van der Waals surface area contributed by atoms with Gasteiger partial charge < -0.3 is 14.9 Å². The number of aliphatic hydroxyl groups excluding tert-OH is 1. The van der Waals surface area contributed by atoms with Gasteiger partial charge in [-0.3, -0.25) is 10.0 Å². The van der Waals surface area contributed by atoms with E-state index in [1.54, 1.807) is 6.92 Å². The van der Waals surface area contributed by atoms with Crippen LogP contribution in [0.3, 0.4) is 0 Å². The molecule has 0 bridgehead atoms. The summed E-state index contributed by atoms with van der Waals surface area (Å²) in [4.78, 5) is 10.9. The van der Waals surface area contributed by atoms with Gasteiger partial charge in [-0.15, -0.1) is 0 Å². The first-order valence-corrected chi connectivity index (χ1v) is 5.90. The largest absolute Gasteiger partial charge is 0.505 e. The summed E-state index contributed by atoms with van der Waals surface area (Å²) >= 11 is 0. The molecule has 1 amide bonds. The highest BCUT2D eigenvalue weighted by molar-refractivity contribution is 5.86. The zero-order valence-electron chi connectivity index (χ0n) is 10.8. The van der Waals surface area contributed by atoms with Crippen LogP contribution in [0.5, 0.6) is 5.75 Å². The highest BCUT2D eigenvalue weighted by atomic mass is 19.1. The molecule has 0 aromatic heterocycles. The molecular formula is C13H16FNO5. The number of aliphatic hydroxyl groups is 1. The average molecular weight is 285 g/mol. The number of carbonyl (C=O) groups is 1. The zero-order valence-corrected chi connectivity index (χ0v) is 10.8. The highest BCUT2D eigenvalue weighted by Gasteiger charge is 2.20. The van der Waals surface area contributed by atoms with E-state index in [-0.39, 0.29) is 12.2 Å². The van der Waals surface area contributed by atoms with Crippen molar-refractivity contribution in [2.24, 2.45) is 0 Å². The van der Waals surface area contributed by atoms with Gasteiger partial charge in [-0.1, -0.05) is 6.07 Å². The van der Waals surface area contributed by atoms with Crippen LogP contribution >= 0.6 is 0 Å². The molecule has 6 nitrogen and oxygen atoms in total. The number of hydrogen-bond donors (Lipinski definition) is 4. The summed E-state index contributed by atoms with van der Waals surface area (Å²) in [7, 11) is 0. The number of halogens is 1. The van der Waals surface area contributed by atoms with Crippen LogP contribution in [0, 0.1) is 5.82 Å². The van der Waals surface area contributed by atoms with E-state index in [0.29, 0.717) is 0 Å². The van der Waals surface area contributed by atoms with Crippen molar-refractivity contribution in [3.05, 3.63) is 41.7 Å². The minimum atomic E-state index is -1.23. The minimum absolute atomic E-state index is 0.188. The van der Waals surface area contributed by atoms with E-state index in [0.717, 1.165) is 18.2 Å². The van der Waals surface area contributed by atoms with Crippen molar-refractivity contribution in [2.45, 2.75) is 19.1 Å². The van der Waals surface area contributed by atoms with Crippen LogP contribution in [0.2, 0.25) is 0 Å². The van der Waals surface area contributed by atoms with Gasteiger partial charge in [-0.25, -0.2) is 9.87 Å². The number of ether oxygens (including phenoxy) is 1. The SMILES string of the molecule is CCO[C@@H](/C=C/C(=O)NO)[C@@H](O)c1ccc(O)c(F)c1. The Balaban J connectivity index is 2.92. The second-order valence-corrected chi connectivity index (χ2v) is 3.91. The molecular weight excluding hydrogens is 269 g/mol. The molecule has 0 unspecified atom stereocenters. The van der Waals surface area contributed by atoms with Crippen LogP contribution < -0.4 is 5.48 Å². The van der Waals surface area contributed by atoms with Crippen LogP contribution in [0.4, 0.5) is 4.39 Å². The van der Waals surface area contributed by atoms with Gasteiger partial charge in [0.15, 0.2) is 11.6 Å². The molecule has 0 aliphatic rings. The molecule has 1 rings (SSSR count). The standard InChI is InChI=1S/C13H16FNO5/c1-2-20-11(5-6-12(17)15-19)13(18)8-3-4-10(16)9(14)7-8/h3-7,11,13,16,18-19H,2H2,1H3,(H,15,17)/b6-5+/t11-,13-/m0/s1. The van der Waals surface area contributed by atoms with Gasteiger partial charge in [-0.2, -0.15) is 0 Å². The van der Waals surface area contributed by atoms with Crippen molar-refractivity contribution in [2.75, 3.05) is 6.61 Å². The summed E-state index contributed by atoms with van der Waals surface area (Å²) in [6.07, 6.45) is 0.0965. The number of hydroxylamine groups is 1. The fraction of sp³-hybridized carbons (Fsp3) is 0.308. The van der Waals surface area contributed by atoms with Crippen molar-refractivity contribution in [3.8, 4) is 5.75 Å². The molecule has 20 heavy (non-hydrogen) atoms. The number of amides is 1. The molecule has 0 fully saturated rings. The number of rotatable bonds is 6. The summed E-state index contributed by atoms with van der Waals surface area (Å²) in [5.74, 6) is -2.17. The number of carbonyl (C=O) groups excluding carboxylic acids is 1. The highest BCUT2D eigenvalue weighted by Crippen LogP contribution is 2.24. The van der Waals surface area contributed by atoms with E-state index in [9.17, 15) is 14.3 Å². The maximum Gasteiger partial charge on any atom is 0.267 e. The van der Waals surface area contributed by atoms with Crippen LogP contribution in [0.1, 0.15) is 18.6 Å². The van der Waals surface area contributed by atoms with Gasteiger partial charge in [0.05, 0.1) is 0 Å². The van der Waals surface area contributed by atoms with Gasteiger partial charge in [0.25, 0.3) is 5.91 Å². The fourth-order valence-corrected chi connectivity index (χ4v) is 1.56. The lowest BCUT2D eigenvalue weighted by atomic mass is 10.0. The molecule has 7 heteroatoms. The van der Waals surface area contributed by atoms with E-state index in [4.69, 9.17) is 15.1 Å². The third-order valence-corrected chi connectivity index (χ3v) is 2.53. The summed E-state index contributed by atoms with van der Waals surface area (Å²) < 4.78 is 18.5. The van der Waals surface area contributed by atoms with Crippen molar-refractivity contribution in [3.63, 3.8) is 0 Å². The number of nitrogens with one attached hydrogen (secondary N) is 1. The van der Waals surface area contributed by atoms with Gasteiger partial charge in [0.1, 0.15) is 12.2 Å². The first-order chi connectivity index (χ1) is 9.49. The van der Waals surface area contributed by atoms with Crippen LogP contribution in [0.25, 0.3) is 0 Å². The van der Waals surface area contributed by atoms with E-state index in [2.05, 4.69) is 0 Å². The van der Waals surface area contributed by atoms with Crippen molar-refractivity contribution in [1.29, 1.82) is 0 Å². The Labute approximate surface area is 115 Å². The Morgan fingerprint density at radius 2 is 2.25 bits per heavy atom. The van der Waals surface area contributed by atoms with E-state index in [1.807, 2.05) is 0 Å².